The van der Waals surface area contributed by atoms with E-state index >= 15 is 0 Å². The zero-order valence-corrected chi connectivity index (χ0v) is 18.9. The van der Waals surface area contributed by atoms with Crippen LogP contribution < -0.4 is 35.1 Å². The van der Waals surface area contributed by atoms with Crippen LogP contribution in [0.3, 0.4) is 0 Å². The predicted octanol–water partition coefficient (Wildman–Crippen LogP) is 2.43. The molecule has 8 heteroatoms. The van der Waals surface area contributed by atoms with Gasteiger partial charge in [0.05, 0.1) is 21.3 Å². The van der Waals surface area contributed by atoms with Crippen molar-refractivity contribution in [3.05, 3.63) is 47.0 Å². The van der Waals surface area contributed by atoms with E-state index in [9.17, 15) is 4.79 Å². The summed E-state index contributed by atoms with van der Waals surface area (Å²) in [6, 6.07) is 9.66. The quantitative estimate of drug-likeness (QED) is 0.594. The highest BCUT2D eigenvalue weighted by atomic mass is 16.5. The van der Waals surface area contributed by atoms with Gasteiger partial charge in [-0.25, -0.2) is 5.43 Å². The number of aryl methyl sites for hydroxylation is 1. The molecular weight excluding hydrogens is 398 g/mol. The summed E-state index contributed by atoms with van der Waals surface area (Å²) in [5.74, 6) is 2.09. The Kier molecular flexibility index (Phi) is 7.25. The molecule has 0 radical (unpaired) electrons. The van der Waals surface area contributed by atoms with Crippen LogP contribution in [-0.2, 0) is 4.79 Å². The van der Waals surface area contributed by atoms with Crippen molar-refractivity contribution >= 4 is 5.91 Å². The smallest absolute Gasteiger partial charge is 0.259 e. The van der Waals surface area contributed by atoms with Crippen molar-refractivity contribution in [1.82, 2.24) is 16.2 Å². The van der Waals surface area contributed by atoms with Crippen LogP contribution in [0.5, 0.6) is 23.0 Å². The Morgan fingerprint density at radius 3 is 2.29 bits per heavy atom. The molecule has 168 valence electrons. The molecule has 3 atom stereocenters. The van der Waals surface area contributed by atoms with Crippen molar-refractivity contribution in [3.63, 3.8) is 0 Å². The maximum atomic E-state index is 12.6. The third-order valence-corrected chi connectivity index (χ3v) is 5.67. The topological polar surface area (TPSA) is 90.1 Å². The summed E-state index contributed by atoms with van der Waals surface area (Å²) in [5, 5.41) is 3.02. The van der Waals surface area contributed by atoms with Crippen molar-refractivity contribution < 1.29 is 23.7 Å². The fourth-order valence-electron chi connectivity index (χ4n) is 3.83. The van der Waals surface area contributed by atoms with E-state index in [0.717, 1.165) is 16.7 Å². The Bertz CT molecular complexity index is 908. The van der Waals surface area contributed by atoms with Crippen molar-refractivity contribution in [1.29, 1.82) is 0 Å². The van der Waals surface area contributed by atoms with Crippen LogP contribution in [0.15, 0.2) is 30.3 Å². The summed E-state index contributed by atoms with van der Waals surface area (Å²) >= 11 is 0. The van der Waals surface area contributed by atoms with E-state index in [4.69, 9.17) is 18.9 Å². The maximum absolute atomic E-state index is 12.6. The third kappa shape index (κ3) is 4.86. The Balaban J connectivity index is 1.75. The average Bonchev–Trinajstić information content (AvgIpc) is 3.13. The van der Waals surface area contributed by atoms with E-state index in [-0.39, 0.29) is 30.6 Å². The normalized spacial score (nSPS) is 20.3. The first kappa shape index (κ1) is 22.7. The van der Waals surface area contributed by atoms with Crippen LogP contribution in [0.25, 0.3) is 0 Å². The maximum Gasteiger partial charge on any atom is 0.259 e. The van der Waals surface area contributed by atoms with Crippen LogP contribution in [0.4, 0.5) is 0 Å². The van der Waals surface area contributed by atoms with Gasteiger partial charge in [0.2, 0.25) is 5.75 Å². The summed E-state index contributed by atoms with van der Waals surface area (Å²) in [6.45, 7) is 5.96. The molecule has 1 aliphatic rings. The lowest BCUT2D eigenvalue weighted by Gasteiger charge is -2.24. The minimum Gasteiger partial charge on any atom is -0.493 e. The third-order valence-electron chi connectivity index (χ3n) is 5.67. The standard InChI is InChI=1S/C23H31N3O5/c1-13-8-7-9-17(14(13)2)31-12-20(27)24-23-21(15(3)25-26-23)16-10-18(28-4)22(30-6)19(11-16)29-5/h7-11,15,21,23,25-26H,12H2,1-6H3,(H,24,27). The summed E-state index contributed by atoms with van der Waals surface area (Å²) < 4.78 is 22.1. The first-order chi connectivity index (χ1) is 14.9. The van der Waals surface area contributed by atoms with Gasteiger partial charge in [0.1, 0.15) is 11.9 Å². The summed E-state index contributed by atoms with van der Waals surface area (Å²) in [6.07, 6.45) is -0.340. The fourth-order valence-corrected chi connectivity index (χ4v) is 3.83. The summed E-state index contributed by atoms with van der Waals surface area (Å²) in [5.41, 5.74) is 9.45. The largest absolute Gasteiger partial charge is 0.493 e. The molecule has 0 saturated carbocycles. The van der Waals surface area contributed by atoms with E-state index in [2.05, 4.69) is 16.2 Å². The van der Waals surface area contributed by atoms with Crippen LogP contribution in [-0.4, -0.2) is 46.1 Å². The molecule has 1 fully saturated rings. The van der Waals surface area contributed by atoms with Gasteiger partial charge in [-0.1, -0.05) is 12.1 Å². The number of benzene rings is 2. The molecule has 3 rings (SSSR count). The van der Waals surface area contributed by atoms with E-state index < -0.39 is 0 Å². The zero-order valence-electron chi connectivity index (χ0n) is 18.9. The molecule has 0 spiro atoms. The highest BCUT2D eigenvalue weighted by molar-refractivity contribution is 5.78. The number of hydrogen-bond acceptors (Lipinski definition) is 7. The van der Waals surface area contributed by atoms with Gasteiger partial charge in [-0.3, -0.25) is 10.2 Å². The Morgan fingerprint density at radius 2 is 1.68 bits per heavy atom. The fraction of sp³-hybridized carbons (Fsp3) is 0.435. The molecular formula is C23H31N3O5. The van der Waals surface area contributed by atoms with Gasteiger partial charge in [0.15, 0.2) is 18.1 Å². The van der Waals surface area contributed by atoms with Gasteiger partial charge in [0.25, 0.3) is 5.91 Å². The number of rotatable bonds is 8. The number of hydrogen-bond donors (Lipinski definition) is 3. The van der Waals surface area contributed by atoms with E-state index in [1.807, 2.05) is 51.1 Å². The van der Waals surface area contributed by atoms with Crippen molar-refractivity contribution in [3.8, 4) is 23.0 Å². The number of hydrazine groups is 1. The zero-order chi connectivity index (χ0) is 22.5. The summed E-state index contributed by atoms with van der Waals surface area (Å²) in [4.78, 5) is 12.6. The molecule has 1 heterocycles. The Labute approximate surface area is 183 Å². The molecule has 31 heavy (non-hydrogen) atoms. The second kappa shape index (κ2) is 9.89. The highest BCUT2D eigenvalue weighted by Gasteiger charge is 2.36. The van der Waals surface area contributed by atoms with Crippen LogP contribution in [0, 0.1) is 13.8 Å². The molecule has 1 saturated heterocycles. The minimum atomic E-state index is -0.340. The van der Waals surface area contributed by atoms with Crippen molar-refractivity contribution in [2.75, 3.05) is 27.9 Å². The van der Waals surface area contributed by atoms with E-state index in [1.165, 1.54) is 0 Å². The highest BCUT2D eigenvalue weighted by Crippen LogP contribution is 2.41. The predicted molar refractivity (Wildman–Crippen MR) is 118 cm³/mol. The van der Waals surface area contributed by atoms with Crippen LogP contribution >= 0.6 is 0 Å². The lowest BCUT2D eigenvalue weighted by Crippen LogP contribution is -2.47. The van der Waals surface area contributed by atoms with Gasteiger partial charge in [-0.15, -0.1) is 0 Å². The molecule has 0 aromatic heterocycles. The van der Waals surface area contributed by atoms with Gasteiger partial charge in [-0.2, -0.15) is 0 Å². The first-order valence-corrected chi connectivity index (χ1v) is 10.2. The number of ether oxygens (including phenoxy) is 4. The van der Waals surface area contributed by atoms with Gasteiger partial charge in [-0.05, 0) is 55.7 Å². The van der Waals surface area contributed by atoms with Crippen LogP contribution in [0.2, 0.25) is 0 Å². The Morgan fingerprint density at radius 1 is 1.00 bits per heavy atom. The molecule has 3 unspecified atom stereocenters. The molecule has 2 aromatic rings. The molecule has 0 bridgehead atoms. The van der Waals surface area contributed by atoms with Crippen molar-refractivity contribution in [2.24, 2.45) is 0 Å². The van der Waals surface area contributed by atoms with E-state index in [1.54, 1.807) is 21.3 Å². The number of methoxy groups -OCH3 is 3. The molecule has 2 aromatic carbocycles. The lowest BCUT2D eigenvalue weighted by molar-refractivity contribution is -0.124. The lowest BCUT2D eigenvalue weighted by atomic mass is 9.90. The number of carbonyl (C=O) groups excluding carboxylic acids is 1. The minimum absolute atomic E-state index is 0.0491. The van der Waals surface area contributed by atoms with Crippen LogP contribution in [0.1, 0.15) is 29.5 Å². The van der Waals surface area contributed by atoms with Gasteiger partial charge < -0.3 is 24.3 Å². The molecule has 0 aliphatic carbocycles. The monoisotopic (exact) mass is 429 g/mol. The second-order valence-electron chi connectivity index (χ2n) is 7.59. The Hall–Kier alpha value is -2.97. The molecule has 1 amide bonds. The SMILES string of the molecule is COc1cc(C2C(C)NNC2NC(=O)COc2cccc(C)c2C)cc(OC)c1OC. The molecule has 3 N–H and O–H groups in total. The van der Waals surface area contributed by atoms with Gasteiger partial charge in [0, 0.05) is 12.0 Å². The average molecular weight is 430 g/mol. The number of carbonyl (C=O) groups is 1. The summed E-state index contributed by atoms with van der Waals surface area (Å²) in [7, 11) is 4.74. The number of nitrogens with one attached hydrogen (secondary N) is 3. The number of amides is 1. The van der Waals surface area contributed by atoms with Crippen molar-refractivity contribution in [2.45, 2.75) is 38.9 Å². The second-order valence-corrected chi connectivity index (χ2v) is 7.59. The first-order valence-electron chi connectivity index (χ1n) is 10.2. The van der Waals surface area contributed by atoms with E-state index in [0.29, 0.717) is 23.0 Å². The molecule has 1 aliphatic heterocycles. The van der Waals surface area contributed by atoms with Gasteiger partial charge >= 0.3 is 0 Å². The molecule has 8 nitrogen and oxygen atoms in total.